The Balaban J connectivity index is 1.34. The molecule has 1 fully saturated rings. The van der Waals surface area contributed by atoms with Crippen LogP contribution in [0.25, 0.3) is 11.1 Å². The van der Waals surface area contributed by atoms with Gasteiger partial charge in [0.1, 0.15) is 6.61 Å². The fraction of sp³-hybridized carbons (Fsp3) is 0.464. The van der Waals surface area contributed by atoms with Gasteiger partial charge in [0.05, 0.1) is 6.42 Å². The number of carboxylic acid groups (broad SMARTS) is 1. The third-order valence-corrected chi connectivity index (χ3v) is 7.40. The normalized spacial score (nSPS) is 19.8. The molecule has 0 aromatic heterocycles. The smallest absolute Gasteiger partial charge is 0.407 e. The summed E-state index contributed by atoms with van der Waals surface area (Å²) in [5.41, 5.74) is 4.64. The van der Waals surface area contributed by atoms with E-state index < -0.39 is 12.1 Å². The molecule has 1 aliphatic heterocycles. The van der Waals surface area contributed by atoms with E-state index in [1.165, 1.54) is 11.1 Å². The fourth-order valence-electron chi connectivity index (χ4n) is 5.29. The summed E-state index contributed by atoms with van der Waals surface area (Å²) in [6.45, 7) is 7.12. The lowest BCUT2D eigenvalue weighted by atomic mass is 9.95. The van der Waals surface area contributed by atoms with Gasteiger partial charge in [0.25, 0.3) is 0 Å². The number of carbonyl (C=O) groups is 3. The highest BCUT2D eigenvalue weighted by Gasteiger charge is 2.35. The van der Waals surface area contributed by atoms with E-state index in [1.54, 1.807) is 4.90 Å². The average molecular weight is 479 g/mol. The molecule has 186 valence electrons. The Morgan fingerprint density at radius 1 is 1.03 bits per heavy atom. The van der Waals surface area contributed by atoms with Gasteiger partial charge in [-0.3, -0.25) is 9.59 Å². The van der Waals surface area contributed by atoms with Crippen LogP contribution in [-0.4, -0.2) is 53.7 Å². The number of rotatable bonds is 8. The molecule has 0 saturated carbocycles. The van der Waals surface area contributed by atoms with Crippen molar-refractivity contribution in [2.75, 3.05) is 19.7 Å². The number of fused-ring (bicyclic) bond motifs is 3. The number of nitrogens with zero attached hydrogens (tertiary/aromatic N) is 1. The summed E-state index contributed by atoms with van der Waals surface area (Å²) in [5, 5.41) is 12.0. The first-order valence-corrected chi connectivity index (χ1v) is 12.4. The molecule has 4 rings (SSSR count). The van der Waals surface area contributed by atoms with Crippen molar-refractivity contribution in [3.05, 3.63) is 59.7 Å². The molecule has 0 spiro atoms. The predicted molar refractivity (Wildman–Crippen MR) is 133 cm³/mol. The molecular weight excluding hydrogens is 444 g/mol. The van der Waals surface area contributed by atoms with Crippen LogP contribution in [0.15, 0.2) is 48.5 Å². The highest BCUT2D eigenvalue weighted by Crippen LogP contribution is 2.44. The summed E-state index contributed by atoms with van der Waals surface area (Å²) >= 11 is 0. The molecule has 3 atom stereocenters. The van der Waals surface area contributed by atoms with Crippen molar-refractivity contribution in [3.63, 3.8) is 0 Å². The van der Waals surface area contributed by atoms with Crippen LogP contribution < -0.4 is 5.32 Å². The SMILES string of the molecule is CC1CN(C(=O)C[C@H](NC(=O)OCC2c3ccccc3-c3ccccc32)C(C)C)CC1CC(=O)O. The zero-order chi connectivity index (χ0) is 25.1. The van der Waals surface area contributed by atoms with Crippen molar-refractivity contribution in [2.45, 2.75) is 45.6 Å². The Morgan fingerprint density at radius 3 is 2.20 bits per heavy atom. The number of carboxylic acids is 1. The molecule has 1 heterocycles. The molecular formula is C28H34N2O5. The third kappa shape index (κ3) is 5.50. The van der Waals surface area contributed by atoms with Gasteiger partial charge >= 0.3 is 12.1 Å². The van der Waals surface area contributed by atoms with Gasteiger partial charge in [0, 0.05) is 31.5 Å². The zero-order valence-electron chi connectivity index (χ0n) is 20.6. The van der Waals surface area contributed by atoms with Crippen molar-refractivity contribution in [1.29, 1.82) is 0 Å². The van der Waals surface area contributed by atoms with E-state index in [0.717, 1.165) is 11.1 Å². The third-order valence-electron chi connectivity index (χ3n) is 7.40. The standard InChI is InChI=1S/C28H34N2O5/c1-17(2)25(13-26(31)30-14-18(3)19(15-30)12-27(32)33)29-28(34)35-16-24-22-10-6-4-8-20(22)21-9-5-7-11-23(21)24/h4-11,17-19,24-25H,12-16H2,1-3H3,(H,29,34)(H,32,33)/t18?,19?,25-/m0/s1. The van der Waals surface area contributed by atoms with Crippen molar-refractivity contribution < 1.29 is 24.2 Å². The van der Waals surface area contributed by atoms with Gasteiger partial charge in [-0.25, -0.2) is 4.79 Å². The maximum absolute atomic E-state index is 12.9. The first-order chi connectivity index (χ1) is 16.7. The minimum absolute atomic E-state index is 0.0236. The number of alkyl carbamates (subject to hydrolysis) is 1. The van der Waals surface area contributed by atoms with Crippen LogP contribution in [0.1, 0.15) is 50.7 Å². The summed E-state index contributed by atoms with van der Waals surface area (Å²) in [5.74, 6) is -0.791. The second-order valence-corrected chi connectivity index (χ2v) is 10.2. The number of benzene rings is 2. The summed E-state index contributed by atoms with van der Waals surface area (Å²) < 4.78 is 5.67. The quantitative estimate of drug-likeness (QED) is 0.582. The second kappa shape index (κ2) is 10.5. The summed E-state index contributed by atoms with van der Waals surface area (Å²) in [7, 11) is 0. The van der Waals surface area contributed by atoms with E-state index in [-0.39, 0.29) is 55.1 Å². The summed E-state index contributed by atoms with van der Waals surface area (Å²) in [6, 6.07) is 16.0. The monoisotopic (exact) mass is 478 g/mol. The van der Waals surface area contributed by atoms with E-state index in [4.69, 9.17) is 9.84 Å². The number of amides is 2. The lowest BCUT2D eigenvalue weighted by Gasteiger charge is -2.25. The minimum Gasteiger partial charge on any atom is -0.481 e. The molecule has 1 saturated heterocycles. The average Bonchev–Trinajstić information content (AvgIpc) is 3.34. The molecule has 0 radical (unpaired) electrons. The molecule has 2 aromatic rings. The molecule has 2 N–H and O–H groups in total. The van der Waals surface area contributed by atoms with E-state index in [2.05, 4.69) is 29.6 Å². The first kappa shape index (κ1) is 24.8. The molecule has 2 amide bonds. The lowest BCUT2D eigenvalue weighted by molar-refractivity contribution is -0.138. The van der Waals surface area contributed by atoms with Gasteiger partial charge in [-0.15, -0.1) is 0 Å². The van der Waals surface area contributed by atoms with E-state index in [1.807, 2.05) is 45.0 Å². The Bertz CT molecular complexity index is 1050. The van der Waals surface area contributed by atoms with Crippen molar-refractivity contribution in [2.24, 2.45) is 17.8 Å². The van der Waals surface area contributed by atoms with Crippen LogP contribution in [-0.2, 0) is 14.3 Å². The van der Waals surface area contributed by atoms with Gasteiger partial charge in [-0.05, 0) is 40.0 Å². The zero-order valence-corrected chi connectivity index (χ0v) is 20.6. The van der Waals surface area contributed by atoms with Crippen LogP contribution >= 0.6 is 0 Å². The Labute approximate surface area is 206 Å². The van der Waals surface area contributed by atoms with Gasteiger partial charge < -0.3 is 20.1 Å². The molecule has 2 aliphatic rings. The molecule has 0 bridgehead atoms. The van der Waals surface area contributed by atoms with E-state index >= 15 is 0 Å². The molecule has 35 heavy (non-hydrogen) atoms. The van der Waals surface area contributed by atoms with Crippen molar-refractivity contribution in [3.8, 4) is 11.1 Å². The molecule has 2 aromatic carbocycles. The number of nitrogens with one attached hydrogen (secondary N) is 1. The Morgan fingerprint density at radius 2 is 1.63 bits per heavy atom. The van der Waals surface area contributed by atoms with E-state index in [0.29, 0.717) is 13.1 Å². The first-order valence-electron chi connectivity index (χ1n) is 12.4. The Hall–Kier alpha value is -3.35. The van der Waals surface area contributed by atoms with Crippen LogP contribution in [0.4, 0.5) is 4.79 Å². The maximum atomic E-state index is 12.9. The number of hydrogen-bond acceptors (Lipinski definition) is 4. The largest absolute Gasteiger partial charge is 0.481 e. The van der Waals surface area contributed by atoms with E-state index in [9.17, 15) is 14.4 Å². The van der Waals surface area contributed by atoms with Crippen molar-refractivity contribution >= 4 is 18.0 Å². The van der Waals surface area contributed by atoms with Gasteiger partial charge in [0.2, 0.25) is 5.91 Å². The van der Waals surface area contributed by atoms with Crippen molar-refractivity contribution in [1.82, 2.24) is 10.2 Å². The van der Waals surface area contributed by atoms with Crippen LogP contribution in [0, 0.1) is 17.8 Å². The van der Waals surface area contributed by atoms with Crippen LogP contribution in [0.2, 0.25) is 0 Å². The predicted octanol–water partition coefficient (Wildman–Crippen LogP) is 4.51. The number of ether oxygens (including phenoxy) is 1. The molecule has 7 heteroatoms. The number of aliphatic carboxylic acids is 1. The fourth-order valence-corrected chi connectivity index (χ4v) is 5.29. The second-order valence-electron chi connectivity index (χ2n) is 10.2. The van der Waals surface area contributed by atoms with Gasteiger partial charge in [-0.2, -0.15) is 0 Å². The number of hydrogen-bond donors (Lipinski definition) is 2. The molecule has 7 nitrogen and oxygen atoms in total. The van der Waals surface area contributed by atoms with Gasteiger partial charge in [0.15, 0.2) is 0 Å². The van der Waals surface area contributed by atoms with Crippen LogP contribution in [0.3, 0.4) is 0 Å². The van der Waals surface area contributed by atoms with Crippen LogP contribution in [0.5, 0.6) is 0 Å². The molecule has 1 aliphatic carbocycles. The molecule has 2 unspecified atom stereocenters. The number of carbonyl (C=O) groups excluding carboxylic acids is 2. The topological polar surface area (TPSA) is 95.9 Å². The highest BCUT2D eigenvalue weighted by atomic mass is 16.5. The summed E-state index contributed by atoms with van der Waals surface area (Å²) in [4.78, 5) is 38.5. The lowest BCUT2D eigenvalue weighted by Crippen LogP contribution is -2.43. The minimum atomic E-state index is -0.840. The summed E-state index contributed by atoms with van der Waals surface area (Å²) in [6.07, 6.45) is -0.304. The number of likely N-dealkylation sites (tertiary alicyclic amines) is 1. The highest BCUT2D eigenvalue weighted by molar-refractivity contribution is 5.80. The maximum Gasteiger partial charge on any atom is 0.407 e. The van der Waals surface area contributed by atoms with Gasteiger partial charge in [-0.1, -0.05) is 69.3 Å². The Kier molecular flexibility index (Phi) is 7.43.